The van der Waals surface area contributed by atoms with Crippen LogP contribution < -0.4 is 10.1 Å². The zero-order chi connectivity index (χ0) is 20.2. The van der Waals surface area contributed by atoms with E-state index < -0.39 is 0 Å². The molecule has 0 radical (unpaired) electrons. The standard InChI is InChI=1S/C22H25Cl2N3O2/c23-18-2-3-19(24)20(14-18)25-22(28)5-7-26-8-10-27(11-9-26)15-16-1-4-21-17(13-16)6-12-29-21/h1-4,13-14H,5-12,15H2,(H,25,28). The van der Waals surface area contributed by atoms with E-state index in [2.05, 4.69) is 33.3 Å². The van der Waals surface area contributed by atoms with Gasteiger partial charge in [-0.3, -0.25) is 9.69 Å². The van der Waals surface area contributed by atoms with Crippen molar-refractivity contribution in [2.45, 2.75) is 19.4 Å². The van der Waals surface area contributed by atoms with Gasteiger partial charge in [0.05, 0.1) is 17.3 Å². The summed E-state index contributed by atoms with van der Waals surface area (Å²) < 4.78 is 5.59. The summed E-state index contributed by atoms with van der Waals surface area (Å²) in [6, 6.07) is 11.6. The van der Waals surface area contributed by atoms with Crippen molar-refractivity contribution in [3.05, 3.63) is 57.6 Å². The van der Waals surface area contributed by atoms with Gasteiger partial charge in [0.25, 0.3) is 0 Å². The van der Waals surface area contributed by atoms with Gasteiger partial charge >= 0.3 is 0 Å². The maximum atomic E-state index is 12.3. The van der Waals surface area contributed by atoms with Crippen LogP contribution in [0.3, 0.4) is 0 Å². The van der Waals surface area contributed by atoms with Crippen LogP contribution in [-0.2, 0) is 17.8 Å². The average molecular weight is 434 g/mol. The van der Waals surface area contributed by atoms with Crippen LogP contribution in [0.25, 0.3) is 0 Å². The van der Waals surface area contributed by atoms with Crippen molar-refractivity contribution < 1.29 is 9.53 Å². The number of nitrogens with one attached hydrogen (secondary N) is 1. The van der Waals surface area contributed by atoms with E-state index in [9.17, 15) is 4.79 Å². The molecule has 29 heavy (non-hydrogen) atoms. The van der Waals surface area contributed by atoms with E-state index in [1.54, 1.807) is 18.2 Å². The number of hydrogen-bond donors (Lipinski definition) is 1. The molecule has 4 rings (SSSR count). The van der Waals surface area contributed by atoms with E-state index in [4.69, 9.17) is 27.9 Å². The molecule has 2 heterocycles. The highest BCUT2D eigenvalue weighted by atomic mass is 35.5. The van der Waals surface area contributed by atoms with Crippen molar-refractivity contribution in [3.8, 4) is 5.75 Å². The van der Waals surface area contributed by atoms with Gasteiger partial charge in [-0.1, -0.05) is 35.3 Å². The van der Waals surface area contributed by atoms with Gasteiger partial charge in [0, 0.05) is 57.1 Å². The molecule has 2 aliphatic rings. The summed E-state index contributed by atoms with van der Waals surface area (Å²) in [6.45, 7) is 6.47. The molecule has 1 saturated heterocycles. The predicted molar refractivity (Wildman–Crippen MR) is 117 cm³/mol. The van der Waals surface area contributed by atoms with Crippen molar-refractivity contribution in [1.29, 1.82) is 0 Å². The van der Waals surface area contributed by atoms with Crippen LogP contribution in [0.1, 0.15) is 17.5 Å². The van der Waals surface area contributed by atoms with Gasteiger partial charge in [-0.15, -0.1) is 0 Å². The molecule has 7 heteroatoms. The van der Waals surface area contributed by atoms with Crippen molar-refractivity contribution in [3.63, 3.8) is 0 Å². The number of carbonyl (C=O) groups excluding carboxylic acids is 1. The summed E-state index contributed by atoms with van der Waals surface area (Å²) in [7, 11) is 0. The molecule has 0 saturated carbocycles. The Labute approximate surface area is 181 Å². The molecule has 2 aromatic carbocycles. The van der Waals surface area contributed by atoms with Gasteiger partial charge in [-0.05, 0) is 35.4 Å². The molecule has 1 N–H and O–H groups in total. The van der Waals surface area contributed by atoms with E-state index in [1.165, 1.54) is 11.1 Å². The Morgan fingerprint density at radius 2 is 1.83 bits per heavy atom. The third-order valence-electron chi connectivity index (χ3n) is 5.48. The number of halogens is 2. The first-order valence-corrected chi connectivity index (χ1v) is 10.8. The molecule has 0 bridgehead atoms. The Bertz CT molecular complexity index is 882. The van der Waals surface area contributed by atoms with Crippen LogP contribution in [-0.4, -0.2) is 55.0 Å². The van der Waals surface area contributed by atoms with Crippen LogP contribution in [0.2, 0.25) is 10.0 Å². The second-order valence-corrected chi connectivity index (χ2v) is 8.42. The predicted octanol–water partition coefficient (Wildman–Crippen LogP) is 4.07. The quantitative estimate of drug-likeness (QED) is 0.745. The largest absolute Gasteiger partial charge is 0.493 e. The third kappa shape index (κ3) is 5.43. The fourth-order valence-electron chi connectivity index (χ4n) is 3.83. The first kappa shape index (κ1) is 20.5. The molecule has 2 aliphatic heterocycles. The second-order valence-electron chi connectivity index (χ2n) is 7.58. The summed E-state index contributed by atoms with van der Waals surface area (Å²) in [5.41, 5.74) is 3.24. The first-order chi connectivity index (χ1) is 14.1. The normalized spacial score (nSPS) is 17.0. The van der Waals surface area contributed by atoms with E-state index >= 15 is 0 Å². The van der Waals surface area contributed by atoms with Crippen molar-refractivity contribution in [2.24, 2.45) is 0 Å². The minimum atomic E-state index is -0.0445. The summed E-state index contributed by atoms with van der Waals surface area (Å²) in [5.74, 6) is 0.993. The average Bonchev–Trinajstić information content (AvgIpc) is 3.18. The van der Waals surface area contributed by atoms with Crippen molar-refractivity contribution in [2.75, 3.05) is 44.6 Å². The highest BCUT2D eigenvalue weighted by molar-refractivity contribution is 6.35. The van der Waals surface area contributed by atoms with E-state index in [1.807, 2.05) is 0 Å². The number of anilines is 1. The molecule has 0 atom stereocenters. The number of ether oxygens (including phenoxy) is 1. The molecular formula is C22H25Cl2N3O2. The SMILES string of the molecule is O=C(CCN1CCN(Cc2ccc3c(c2)CCO3)CC1)Nc1cc(Cl)ccc1Cl. The van der Waals surface area contributed by atoms with Crippen LogP contribution in [0.15, 0.2) is 36.4 Å². The number of carbonyl (C=O) groups is 1. The lowest BCUT2D eigenvalue weighted by atomic mass is 10.1. The van der Waals surface area contributed by atoms with Gasteiger partial charge in [-0.25, -0.2) is 0 Å². The maximum Gasteiger partial charge on any atom is 0.225 e. The van der Waals surface area contributed by atoms with Crippen molar-refractivity contribution >= 4 is 34.8 Å². The van der Waals surface area contributed by atoms with Crippen LogP contribution in [0, 0.1) is 0 Å². The summed E-state index contributed by atoms with van der Waals surface area (Å²) in [4.78, 5) is 17.1. The van der Waals surface area contributed by atoms with E-state index in [-0.39, 0.29) is 5.91 Å². The van der Waals surface area contributed by atoms with Crippen LogP contribution in [0.4, 0.5) is 5.69 Å². The van der Waals surface area contributed by atoms with Crippen LogP contribution in [0.5, 0.6) is 5.75 Å². The molecule has 154 valence electrons. The molecule has 5 nitrogen and oxygen atoms in total. The number of amides is 1. The van der Waals surface area contributed by atoms with Crippen LogP contribution >= 0.6 is 23.2 Å². The Hall–Kier alpha value is -1.79. The number of piperazine rings is 1. The van der Waals surface area contributed by atoms with Gasteiger partial charge in [0.2, 0.25) is 5.91 Å². The monoisotopic (exact) mass is 433 g/mol. The molecular weight excluding hydrogens is 409 g/mol. The zero-order valence-corrected chi connectivity index (χ0v) is 17.8. The second kappa shape index (κ2) is 9.35. The fourth-order valence-corrected chi connectivity index (χ4v) is 4.17. The van der Waals surface area contributed by atoms with E-state index in [0.717, 1.165) is 58.0 Å². The number of benzene rings is 2. The summed E-state index contributed by atoms with van der Waals surface area (Å²) in [5, 5.41) is 3.90. The zero-order valence-electron chi connectivity index (χ0n) is 16.3. The summed E-state index contributed by atoms with van der Waals surface area (Å²) >= 11 is 12.1. The Kier molecular flexibility index (Phi) is 6.60. The Balaban J connectivity index is 1.20. The fraction of sp³-hybridized carbons (Fsp3) is 0.409. The summed E-state index contributed by atoms with van der Waals surface area (Å²) in [6.07, 6.45) is 1.45. The van der Waals surface area contributed by atoms with Gasteiger partial charge < -0.3 is 15.0 Å². The number of fused-ring (bicyclic) bond motifs is 1. The molecule has 1 amide bonds. The smallest absolute Gasteiger partial charge is 0.225 e. The molecule has 0 aromatic heterocycles. The lowest BCUT2D eigenvalue weighted by Gasteiger charge is -2.34. The maximum absolute atomic E-state index is 12.3. The first-order valence-electron chi connectivity index (χ1n) is 10.0. The van der Waals surface area contributed by atoms with E-state index in [0.29, 0.717) is 22.2 Å². The topological polar surface area (TPSA) is 44.8 Å². The van der Waals surface area contributed by atoms with Gasteiger partial charge in [-0.2, -0.15) is 0 Å². The van der Waals surface area contributed by atoms with Gasteiger partial charge in [0.15, 0.2) is 0 Å². The molecule has 2 aromatic rings. The van der Waals surface area contributed by atoms with Crippen molar-refractivity contribution in [1.82, 2.24) is 9.80 Å². The highest BCUT2D eigenvalue weighted by Gasteiger charge is 2.19. The minimum Gasteiger partial charge on any atom is -0.493 e. The lowest BCUT2D eigenvalue weighted by Crippen LogP contribution is -2.46. The third-order valence-corrected chi connectivity index (χ3v) is 6.05. The number of hydrogen-bond acceptors (Lipinski definition) is 4. The Morgan fingerprint density at radius 3 is 2.66 bits per heavy atom. The van der Waals surface area contributed by atoms with Gasteiger partial charge in [0.1, 0.15) is 5.75 Å². The molecule has 1 fully saturated rings. The highest BCUT2D eigenvalue weighted by Crippen LogP contribution is 2.27. The Morgan fingerprint density at radius 1 is 1.03 bits per heavy atom. The number of rotatable bonds is 6. The lowest BCUT2D eigenvalue weighted by molar-refractivity contribution is -0.116. The number of nitrogens with zero attached hydrogens (tertiary/aromatic N) is 2. The minimum absolute atomic E-state index is 0.0445. The molecule has 0 spiro atoms. The molecule has 0 unspecified atom stereocenters. The molecule has 0 aliphatic carbocycles.